The monoisotopic (exact) mass is 269 g/mol. The Kier molecular flexibility index (Phi) is 3.81. The summed E-state index contributed by atoms with van der Waals surface area (Å²) in [5.41, 5.74) is 1.28. The van der Waals surface area contributed by atoms with Crippen LogP contribution in [-0.4, -0.2) is 22.2 Å². The molecule has 0 radical (unpaired) electrons. The van der Waals surface area contributed by atoms with Gasteiger partial charge < -0.3 is 5.32 Å². The highest BCUT2D eigenvalue weighted by atomic mass is 16.2. The second-order valence-corrected chi connectivity index (χ2v) is 5.27. The van der Waals surface area contributed by atoms with Crippen molar-refractivity contribution in [3.05, 3.63) is 54.4 Å². The minimum absolute atomic E-state index is 0.169. The Morgan fingerprint density at radius 2 is 2.15 bits per heavy atom. The molecule has 20 heavy (non-hydrogen) atoms. The highest BCUT2D eigenvalue weighted by molar-refractivity contribution is 5.82. The van der Waals surface area contributed by atoms with Gasteiger partial charge in [-0.1, -0.05) is 30.3 Å². The van der Waals surface area contributed by atoms with E-state index in [-0.39, 0.29) is 11.8 Å². The van der Waals surface area contributed by atoms with E-state index in [2.05, 4.69) is 22.5 Å². The summed E-state index contributed by atoms with van der Waals surface area (Å²) >= 11 is 0. The number of aryl methyl sites for hydroxylation is 1. The maximum atomic E-state index is 12.0. The van der Waals surface area contributed by atoms with Gasteiger partial charge in [0, 0.05) is 31.4 Å². The van der Waals surface area contributed by atoms with Crippen molar-refractivity contribution in [1.82, 2.24) is 15.1 Å². The van der Waals surface area contributed by atoms with Gasteiger partial charge in [-0.05, 0) is 30.4 Å². The van der Waals surface area contributed by atoms with E-state index >= 15 is 0 Å². The fraction of sp³-hybridized carbons (Fsp3) is 0.375. The van der Waals surface area contributed by atoms with Crippen molar-refractivity contribution < 1.29 is 4.79 Å². The summed E-state index contributed by atoms with van der Waals surface area (Å²) in [5.74, 6) is 0.781. The van der Waals surface area contributed by atoms with Gasteiger partial charge in [-0.15, -0.1) is 0 Å². The number of hydrogen-bond acceptors (Lipinski definition) is 2. The maximum absolute atomic E-state index is 12.0. The molecule has 0 aliphatic heterocycles. The summed E-state index contributed by atoms with van der Waals surface area (Å²) in [6, 6.07) is 12.2. The Bertz CT molecular complexity index is 550. The first-order chi connectivity index (χ1) is 9.84. The number of carbonyl (C=O) groups excluding carboxylic acids is 1. The summed E-state index contributed by atoms with van der Waals surface area (Å²) in [7, 11) is 0. The molecule has 3 rings (SSSR count). The molecule has 1 heterocycles. The number of rotatable bonds is 6. The van der Waals surface area contributed by atoms with E-state index in [1.54, 1.807) is 6.20 Å². The number of aromatic nitrogens is 2. The molecule has 104 valence electrons. The molecule has 1 aliphatic rings. The second-order valence-electron chi connectivity index (χ2n) is 5.27. The summed E-state index contributed by atoms with van der Waals surface area (Å²) in [6.07, 6.45) is 5.60. The fourth-order valence-electron chi connectivity index (χ4n) is 2.57. The normalized spacial score (nSPS) is 20.6. The van der Waals surface area contributed by atoms with Crippen LogP contribution in [-0.2, 0) is 11.3 Å². The van der Waals surface area contributed by atoms with E-state index in [9.17, 15) is 4.79 Å². The van der Waals surface area contributed by atoms with Crippen LogP contribution in [0.25, 0.3) is 0 Å². The second kappa shape index (κ2) is 5.90. The number of carbonyl (C=O) groups is 1. The summed E-state index contributed by atoms with van der Waals surface area (Å²) in [5, 5.41) is 7.16. The minimum Gasteiger partial charge on any atom is -0.356 e. The molecule has 0 spiro atoms. The first-order valence-corrected chi connectivity index (χ1v) is 7.14. The number of benzene rings is 1. The lowest BCUT2D eigenvalue weighted by Crippen LogP contribution is -2.27. The first kappa shape index (κ1) is 12.9. The minimum atomic E-state index is 0.169. The zero-order valence-electron chi connectivity index (χ0n) is 11.4. The molecule has 1 fully saturated rings. The summed E-state index contributed by atoms with van der Waals surface area (Å²) in [4.78, 5) is 12.0. The molecule has 0 bridgehead atoms. The van der Waals surface area contributed by atoms with Gasteiger partial charge in [0.25, 0.3) is 0 Å². The molecule has 1 amide bonds. The van der Waals surface area contributed by atoms with Crippen LogP contribution in [0, 0.1) is 5.92 Å². The predicted octanol–water partition coefficient (Wildman–Crippen LogP) is 2.19. The average Bonchev–Trinajstić information content (AvgIpc) is 3.13. The highest BCUT2D eigenvalue weighted by Gasteiger charge is 2.43. The van der Waals surface area contributed by atoms with Gasteiger partial charge in [0.1, 0.15) is 0 Å². The molecule has 0 unspecified atom stereocenters. The lowest BCUT2D eigenvalue weighted by Gasteiger charge is -2.05. The van der Waals surface area contributed by atoms with Crippen LogP contribution in [0.15, 0.2) is 48.8 Å². The molecule has 2 atom stereocenters. The van der Waals surface area contributed by atoms with Gasteiger partial charge in [-0.2, -0.15) is 5.10 Å². The first-order valence-electron chi connectivity index (χ1n) is 7.14. The van der Waals surface area contributed by atoms with Gasteiger partial charge in [-0.3, -0.25) is 9.48 Å². The topological polar surface area (TPSA) is 46.9 Å². The van der Waals surface area contributed by atoms with E-state index in [0.717, 1.165) is 25.9 Å². The lowest BCUT2D eigenvalue weighted by atomic mass is 10.1. The van der Waals surface area contributed by atoms with E-state index in [1.807, 2.05) is 35.1 Å². The Morgan fingerprint density at radius 3 is 2.90 bits per heavy atom. The van der Waals surface area contributed by atoms with E-state index in [1.165, 1.54) is 5.56 Å². The molecule has 1 aromatic carbocycles. The van der Waals surface area contributed by atoms with Crippen molar-refractivity contribution in [2.75, 3.05) is 6.54 Å². The third-order valence-electron chi connectivity index (χ3n) is 3.78. The molecule has 4 nitrogen and oxygen atoms in total. The number of hydrogen-bond donors (Lipinski definition) is 1. The van der Waals surface area contributed by atoms with Crippen LogP contribution in [0.1, 0.15) is 24.3 Å². The molecular formula is C16H19N3O. The van der Waals surface area contributed by atoms with Crippen LogP contribution in [0.5, 0.6) is 0 Å². The Morgan fingerprint density at radius 1 is 1.30 bits per heavy atom. The Hall–Kier alpha value is -2.10. The van der Waals surface area contributed by atoms with Crippen LogP contribution >= 0.6 is 0 Å². The van der Waals surface area contributed by atoms with Crippen LogP contribution < -0.4 is 5.32 Å². The van der Waals surface area contributed by atoms with Crippen LogP contribution in [0.2, 0.25) is 0 Å². The molecule has 1 N–H and O–H groups in total. The number of amides is 1. The van der Waals surface area contributed by atoms with Crippen LogP contribution in [0.4, 0.5) is 0 Å². The molecule has 1 saturated carbocycles. The molecule has 4 heteroatoms. The van der Waals surface area contributed by atoms with Crippen molar-refractivity contribution in [3.63, 3.8) is 0 Å². The molecule has 0 saturated heterocycles. The number of nitrogens with one attached hydrogen (secondary N) is 1. The SMILES string of the molecule is O=C(NCCCn1cccn1)[C@H]1C[C@@H]1c1ccccc1. The standard InChI is InChI=1S/C16H19N3O/c20-16(17-8-4-10-19-11-5-9-18-19)15-12-14(15)13-6-2-1-3-7-13/h1-3,5-7,9,11,14-15H,4,8,10,12H2,(H,17,20)/t14-,15+/m1/s1. The maximum Gasteiger partial charge on any atom is 0.223 e. The van der Waals surface area contributed by atoms with Crippen molar-refractivity contribution in [3.8, 4) is 0 Å². The Balaban J connectivity index is 1.38. The zero-order valence-corrected chi connectivity index (χ0v) is 11.4. The molecule has 1 aliphatic carbocycles. The predicted molar refractivity (Wildman–Crippen MR) is 77.1 cm³/mol. The van der Waals surface area contributed by atoms with E-state index in [0.29, 0.717) is 5.92 Å². The lowest BCUT2D eigenvalue weighted by molar-refractivity contribution is -0.122. The third kappa shape index (κ3) is 3.07. The van der Waals surface area contributed by atoms with E-state index < -0.39 is 0 Å². The average molecular weight is 269 g/mol. The van der Waals surface area contributed by atoms with Gasteiger partial charge in [-0.25, -0.2) is 0 Å². The van der Waals surface area contributed by atoms with Crippen LogP contribution in [0.3, 0.4) is 0 Å². The number of nitrogens with zero attached hydrogens (tertiary/aromatic N) is 2. The summed E-state index contributed by atoms with van der Waals surface area (Å²) in [6.45, 7) is 1.57. The van der Waals surface area contributed by atoms with Gasteiger partial charge in [0.05, 0.1) is 0 Å². The van der Waals surface area contributed by atoms with Crippen molar-refractivity contribution >= 4 is 5.91 Å². The highest BCUT2D eigenvalue weighted by Crippen LogP contribution is 2.47. The smallest absolute Gasteiger partial charge is 0.223 e. The molecule has 2 aromatic rings. The van der Waals surface area contributed by atoms with Gasteiger partial charge in [0.2, 0.25) is 5.91 Å². The quantitative estimate of drug-likeness (QED) is 0.817. The van der Waals surface area contributed by atoms with Crippen molar-refractivity contribution in [2.24, 2.45) is 5.92 Å². The van der Waals surface area contributed by atoms with Crippen molar-refractivity contribution in [1.29, 1.82) is 0 Å². The zero-order chi connectivity index (χ0) is 13.8. The van der Waals surface area contributed by atoms with Gasteiger partial charge in [0.15, 0.2) is 0 Å². The van der Waals surface area contributed by atoms with Crippen molar-refractivity contribution in [2.45, 2.75) is 25.3 Å². The Labute approximate surface area is 118 Å². The van der Waals surface area contributed by atoms with Gasteiger partial charge >= 0.3 is 0 Å². The fourth-order valence-corrected chi connectivity index (χ4v) is 2.57. The molecule has 1 aromatic heterocycles. The van der Waals surface area contributed by atoms with E-state index in [4.69, 9.17) is 0 Å². The molecular weight excluding hydrogens is 250 g/mol. The third-order valence-corrected chi connectivity index (χ3v) is 3.78. The largest absolute Gasteiger partial charge is 0.356 e. The summed E-state index contributed by atoms with van der Waals surface area (Å²) < 4.78 is 1.88.